The Hall–Kier alpha value is -1.13. The van der Waals surface area contributed by atoms with Gasteiger partial charge in [-0.25, -0.2) is 0 Å². The molecule has 0 unspecified atom stereocenters. The molecule has 1 aromatic heterocycles. The lowest BCUT2D eigenvalue weighted by atomic mass is 10.2. The van der Waals surface area contributed by atoms with Crippen LogP contribution in [0.5, 0.6) is 0 Å². The van der Waals surface area contributed by atoms with Crippen LogP contribution >= 0.6 is 0 Å². The minimum Gasteiger partial charge on any atom is -0.370 e. The van der Waals surface area contributed by atoms with Gasteiger partial charge >= 0.3 is 0 Å². The molecule has 19 heavy (non-hydrogen) atoms. The van der Waals surface area contributed by atoms with Crippen molar-refractivity contribution in [1.82, 2.24) is 15.2 Å². The Morgan fingerprint density at radius 1 is 1.26 bits per heavy atom. The van der Waals surface area contributed by atoms with Gasteiger partial charge in [0.2, 0.25) is 0 Å². The molecule has 0 radical (unpaired) electrons. The van der Waals surface area contributed by atoms with Crippen molar-refractivity contribution < 1.29 is 0 Å². The van der Waals surface area contributed by atoms with Gasteiger partial charge in [-0.05, 0) is 26.1 Å². The average molecular weight is 262 g/mol. The first-order valence-corrected chi connectivity index (χ1v) is 7.26. The second-order valence-corrected chi connectivity index (χ2v) is 5.68. The summed E-state index contributed by atoms with van der Waals surface area (Å²) >= 11 is 0. The molecular formula is C15H26N4. The summed E-state index contributed by atoms with van der Waals surface area (Å²) in [5, 5.41) is 3.49. The molecule has 0 aliphatic carbocycles. The van der Waals surface area contributed by atoms with Crippen LogP contribution in [0.3, 0.4) is 0 Å². The highest BCUT2D eigenvalue weighted by molar-refractivity contribution is 5.52. The molecule has 2 rings (SSSR count). The maximum absolute atomic E-state index is 4.28. The molecule has 0 amide bonds. The largest absolute Gasteiger partial charge is 0.370 e. The Morgan fingerprint density at radius 2 is 2.11 bits per heavy atom. The molecule has 0 bridgehead atoms. The number of pyridine rings is 1. The number of nitrogens with one attached hydrogen (secondary N) is 1. The van der Waals surface area contributed by atoms with E-state index in [4.69, 9.17) is 0 Å². The van der Waals surface area contributed by atoms with Gasteiger partial charge in [-0.3, -0.25) is 4.98 Å². The van der Waals surface area contributed by atoms with E-state index in [1.807, 2.05) is 12.4 Å². The average Bonchev–Trinajstić information content (AvgIpc) is 2.61. The summed E-state index contributed by atoms with van der Waals surface area (Å²) in [6.07, 6.45) is 5.14. The maximum Gasteiger partial charge on any atom is 0.0443 e. The van der Waals surface area contributed by atoms with Crippen LogP contribution in [0.25, 0.3) is 0 Å². The number of nitrogens with zero attached hydrogens (tertiary/aromatic N) is 3. The van der Waals surface area contributed by atoms with Gasteiger partial charge in [0, 0.05) is 55.9 Å². The summed E-state index contributed by atoms with van der Waals surface area (Å²) in [6, 6.07) is 2.66. The van der Waals surface area contributed by atoms with E-state index in [1.165, 1.54) is 24.2 Å². The first kappa shape index (κ1) is 14.3. The normalized spacial score (nSPS) is 17.8. The lowest BCUT2D eigenvalue weighted by molar-refractivity contribution is 0.360. The predicted octanol–water partition coefficient (Wildman–Crippen LogP) is 1.72. The monoisotopic (exact) mass is 262 g/mol. The van der Waals surface area contributed by atoms with Gasteiger partial charge in [0.05, 0.1) is 0 Å². The van der Waals surface area contributed by atoms with Crippen LogP contribution in [0.15, 0.2) is 18.5 Å². The van der Waals surface area contributed by atoms with E-state index in [1.54, 1.807) is 0 Å². The van der Waals surface area contributed by atoms with Gasteiger partial charge in [-0.1, -0.05) is 13.8 Å². The fourth-order valence-electron chi connectivity index (χ4n) is 2.47. The minimum absolute atomic E-state index is 0.503. The van der Waals surface area contributed by atoms with Crippen LogP contribution in [0, 0.1) is 0 Å². The van der Waals surface area contributed by atoms with Gasteiger partial charge < -0.3 is 15.1 Å². The second-order valence-electron chi connectivity index (χ2n) is 5.68. The maximum atomic E-state index is 4.28. The first-order valence-electron chi connectivity index (χ1n) is 7.26. The molecule has 0 atom stereocenters. The smallest absolute Gasteiger partial charge is 0.0443 e. The Labute approximate surface area is 116 Å². The van der Waals surface area contributed by atoms with E-state index in [0.717, 1.165) is 26.2 Å². The molecule has 2 heterocycles. The zero-order chi connectivity index (χ0) is 13.7. The molecule has 1 aliphatic rings. The lowest BCUT2D eigenvalue weighted by Crippen LogP contribution is -2.30. The third-order valence-electron chi connectivity index (χ3n) is 3.64. The molecule has 1 aromatic rings. The molecular weight excluding hydrogens is 236 g/mol. The van der Waals surface area contributed by atoms with E-state index >= 15 is 0 Å². The molecule has 4 nitrogen and oxygen atoms in total. The minimum atomic E-state index is 0.503. The second kappa shape index (κ2) is 6.87. The SMILES string of the molecule is CC(C)NCc1cnccc1N1CCCN(C)CC1. The molecule has 1 saturated heterocycles. The standard InChI is InChI=1S/C15H26N4/c1-13(2)17-12-14-11-16-6-5-15(14)19-8-4-7-18(3)9-10-19/h5-6,11,13,17H,4,7-10,12H2,1-3H3. The lowest BCUT2D eigenvalue weighted by Gasteiger charge is -2.25. The van der Waals surface area contributed by atoms with Crippen LogP contribution in [-0.4, -0.2) is 49.2 Å². The number of aromatic nitrogens is 1. The molecule has 106 valence electrons. The van der Waals surface area contributed by atoms with Gasteiger partial charge in [0.25, 0.3) is 0 Å². The van der Waals surface area contributed by atoms with Crippen LogP contribution < -0.4 is 10.2 Å². The Bertz CT molecular complexity index is 391. The van der Waals surface area contributed by atoms with Crippen LogP contribution in [0.2, 0.25) is 0 Å². The van der Waals surface area contributed by atoms with E-state index < -0.39 is 0 Å². The van der Waals surface area contributed by atoms with Gasteiger partial charge in [-0.2, -0.15) is 0 Å². The molecule has 4 heteroatoms. The van der Waals surface area contributed by atoms with Crippen molar-refractivity contribution in [2.45, 2.75) is 32.9 Å². The topological polar surface area (TPSA) is 31.4 Å². The Morgan fingerprint density at radius 3 is 2.89 bits per heavy atom. The van der Waals surface area contributed by atoms with Crippen molar-refractivity contribution in [3.8, 4) is 0 Å². The predicted molar refractivity (Wildman–Crippen MR) is 80.5 cm³/mol. The highest BCUT2D eigenvalue weighted by Crippen LogP contribution is 2.20. The molecule has 1 N–H and O–H groups in total. The number of hydrogen-bond acceptors (Lipinski definition) is 4. The zero-order valence-electron chi connectivity index (χ0n) is 12.4. The zero-order valence-corrected chi connectivity index (χ0v) is 12.4. The molecule has 0 aromatic carbocycles. The van der Waals surface area contributed by atoms with Gasteiger partial charge in [0.15, 0.2) is 0 Å². The van der Waals surface area contributed by atoms with Gasteiger partial charge in [-0.15, -0.1) is 0 Å². The number of likely N-dealkylation sites (N-methyl/N-ethyl adjacent to an activating group) is 1. The summed E-state index contributed by atoms with van der Waals surface area (Å²) in [5.41, 5.74) is 2.65. The fourth-order valence-corrected chi connectivity index (χ4v) is 2.47. The molecule has 0 spiro atoms. The first-order chi connectivity index (χ1) is 9.16. The quantitative estimate of drug-likeness (QED) is 0.895. The van der Waals surface area contributed by atoms with Crippen molar-refractivity contribution in [3.63, 3.8) is 0 Å². The van der Waals surface area contributed by atoms with E-state index in [0.29, 0.717) is 6.04 Å². The van der Waals surface area contributed by atoms with Crippen molar-refractivity contribution >= 4 is 5.69 Å². The molecule has 1 fully saturated rings. The Kier molecular flexibility index (Phi) is 5.16. The van der Waals surface area contributed by atoms with Crippen LogP contribution in [0.1, 0.15) is 25.8 Å². The summed E-state index contributed by atoms with van der Waals surface area (Å²) in [7, 11) is 2.21. The van der Waals surface area contributed by atoms with E-state index in [9.17, 15) is 0 Å². The van der Waals surface area contributed by atoms with Crippen molar-refractivity contribution in [3.05, 3.63) is 24.0 Å². The molecule has 0 saturated carbocycles. The number of hydrogen-bond donors (Lipinski definition) is 1. The van der Waals surface area contributed by atoms with Crippen LogP contribution in [0.4, 0.5) is 5.69 Å². The number of anilines is 1. The summed E-state index contributed by atoms with van der Waals surface area (Å²) in [6.45, 7) is 9.83. The van der Waals surface area contributed by atoms with E-state index in [-0.39, 0.29) is 0 Å². The Balaban J connectivity index is 2.09. The third kappa shape index (κ3) is 4.18. The van der Waals surface area contributed by atoms with Crippen molar-refractivity contribution in [2.24, 2.45) is 0 Å². The fraction of sp³-hybridized carbons (Fsp3) is 0.667. The highest BCUT2D eigenvalue weighted by atomic mass is 15.2. The summed E-state index contributed by atoms with van der Waals surface area (Å²) in [5.74, 6) is 0. The van der Waals surface area contributed by atoms with E-state index in [2.05, 4.69) is 47.1 Å². The molecule has 1 aliphatic heterocycles. The van der Waals surface area contributed by atoms with Crippen LogP contribution in [-0.2, 0) is 6.54 Å². The number of rotatable bonds is 4. The van der Waals surface area contributed by atoms with Crippen molar-refractivity contribution in [2.75, 3.05) is 38.1 Å². The summed E-state index contributed by atoms with van der Waals surface area (Å²) in [4.78, 5) is 9.19. The van der Waals surface area contributed by atoms with Crippen molar-refractivity contribution in [1.29, 1.82) is 0 Å². The highest BCUT2D eigenvalue weighted by Gasteiger charge is 2.15. The summed E-state index contributed by atoms with van der Waals surface area (Å²) < 4.78 is 0. The van der Waals surface area contributed by atoms with Gasteiger partial charge in [0.1, 0.15) is 0 Å². The third-order valence-corrected chi connectivity index (χ3v) is 3.64.